The molecule has 1 aliphatic rings. The molecule has 0 amide bonds. The van der Waals surface area contributed by atoms with Gasteiger partial charge in [-0.1, -0.05) is 6.92 Å². The lowest BCUT2D eigenvalue weighted by Crippen LogP contribution is -2.17. The fourth-order valence-electron chi connectivity index (χ4n) is 2.11. The van der Waals surface area contributed by atoms with Crippen molar-refractivity contribution in [2.75, 3.05) is 25.0 Å². The van der Waals surface area contributed by atoms with Crippen LogP contribution in [-0.4, -0.2) is 29.6 Å². The van der Waals surface area contributed by atoms with E-state index in [1.54, 1.807) is 6.33 Å². The Morgan fingerprint density at radius 1 is 1.25 bits per heavy atom. The molecule has 2 rings (SSSR count). The second-order valence-electron chi connectivity index (χ2n) is 4.13. The Hall–Kier alpha value is -1.16. The molecule has 0 aromatic carbocycles. The standard InChI is InChI=1S/C12H20N4/c1-2-13-7-4-8-14-12-10-5-3-6-11(10)15-9-16-12/h9,13H,2-8H2,1H3,(H,14,15,16). The van der Waals surface area contributed by atoms with E-state index in [1.165, 1.54) is 17.7 Å². The van der Waals surface area contributed by atoms with Crippen molar-refractivity contribution >= 4 is 5.82 Å². The predicted octanol–water partition coefficient (Wildman–Crippen LogP) is 1.38. The zero-order valence-corrected chi connectivity index (χ0v) is 9.92. The van der Waals surface area contributed by atoms with Crippen molar-refractivity contribution in [3.05, 3.63) is 17.6 Å². The SMILES string of the molecule is CCNCCCNc1ncnc2c1CCC2. The van der Waals surface area contributed by atoms with Crippen molar-refractivity contribution in [1.29, 1.82) is 0 Å². The van der Waals surface area contributed by atoms with Crippen LogP contribution in [0.5, 0.6) is 0 Å². The average Bonchev–Trinajstić information content (AvgIpc) is 2.77. The number of aromatic nitrogens is 2. The maximum atomic E-state index is 4.33. The molecule has 1 aromatic rings. The van der Waals surface area contributed by atoms with E-state index in [1.807, 2.05) is 0 Å². The minimum Gasteiger partial charge on any atom is -0.370 e. The number of anilines is 1. The highest BCUT2D eigenvalue weighted by molar-refractivity contribution is 5.47. The van der Waals surface area contributed by atoms with Crippen LogP contribution in [0.15, 0.2) is 6.33 Å². The van der Waals surface area contributed by atoms with Gasteiger partial charge in [-0.3, -0.25) is 0 Å². The van der Waals surface area contributed by atoms with Gasteiger partial charge in [0.25, 0.3) is 0 Å². The molecule has 2 N–H and O–H groups in total. The number of hydrogen-bond donors (Lipinski definition) is 2. The first kappa shape index (κ1) is 11.3. The van der Waals surface area contributed by atoms with Crippen LogP contribution in [0.25, 0.3) is 0 Å². The number of nitrogens with one attached hydrogen (secondary N) is 2. The molecule has 16 heavy (non-hydrogen) atoms. The summed E-state index contributed by atoms with van der Waals surface area (Å²) < 4.78 is 0. The fraction of sp³-hybridized carbons (Fsp3) is 0.667. The molecule has 0 saturated carbocycles. The van der Waals surface area contributed by atoms with E-state index >= 15 is 0 Å². The third kappa shape index (κ3) is 2.70. The summed E-state index contributed by atoms with van der Waals surface area (Å²) >= 11 is 0. The van der Waals surface area contributed by atoms with Gasteiger partial charge in [0.05, 0.1) is 0 Å². The number of rotatable bonds is 6. The molecule has 4 nitrogen and oxygen atoms in total. The Morgan fingerprint density at radius 2 is 2.19 bits per heavy atom. The van der Waals surface area contributed by atoms with Gasteiger partial charge in [0.2, 0.25) is 0 Å². The van der Waals surface area contributed by atoms with Gasteiger partial charge in [0.1, 0.15) is 12.1 Å². The Balaban J connectivity index is 1.83. The van der Waals surface area contributed by atoms with Crippen molar-refractivity contribution in [2.45, 2.75) is 32.6 Å². The fourth-order valence-corrected chi connectivity index (χ4v) is 2.11. The molecule has 0 bridgehead atoms. The van der Waals surface area contributed by atoms with Gasteiger partial charge >= 0.3 is 0 Å². The summed E-state index contributed by atoms with van der Waals surface area (Å²) in [6.45, 7) is 5.22. The normalized spacial score (nSPS) is 13.8. The van der Waals surface area contributed by atoms with Gasteiger partial charge in [0.15, 0.2) is 0 Å². The first-order chi connectivity index (χ1) is 7.92. The van der Waals surface area contributed by atoms with Crippen LogP contribution in [0.1, 0.15) is 31.0 Å². The molecule has 1 heterocycles. The van der Waals surface area contributed by atoms with E-state index in [0.717, 1.165) is 44.7 Å². The molecule has 0 spiro atoms. The maximum Gasteiger partial charge on any atom is 0.132 e. The van der Waals surface area contributed by atoms with Crippen LogP contribution in [0, 0.1) is 0 Å². The largest absolute Gasteiger partial charge is 0.370 e. The number of fused-ring (bicyclic) bond motifs is 1. The van der Waals surface area contributed by atoms with Crippen LogP contribution < -0.4 is 10.6 Å². The molecule has 0 atom stereocenters. The Labute approximate surface area is 96.9 Å². The predicted molar refractivity (Wildman–Crippen MR) is 65.7 cm³/mol. The minimum absolute atomic E-state index is 0.983. The Morgan fingerprint density at radius 3 is 3.06 bits per heavy atom. The summed E-state index contributed by atoms with van der Waals surface area (Å²) in [6, 6.07) is 0. The van der Waals surface area contributed by atoms with Crippen molar-refractivity contribution in [2.24, 2.45) is 0 Å². The first-order valence-corrected chi connectivity index (χ1v) is 6.19. The van der Waals surface area contributed by atoms with Crippen LogP contribution in [0.2, 0.25) is 0 Å². The van der Waals surface area contributed by atoms with E-state index in [4.69, 9.17) is 0 Å². The van der Waals surface area contributed by atoms with Gasteiger partial charge in [-0.25, -0.2) is 9.97 Å². The zero-order chi connectivity index (χ0) is 11.2. The summed E-state index contributed by atoms with van der Waals surface area (Å²) in [7, 11) is 0. The highest BCUT2D eigenvalue weighted by Crippen LogP contribution is 2.24. The Bertz CT molecular complexity index is 338. The van der Waals surface area contributed by atoms with E-state index in [2.05, 4.69) is 27.5 Å². The van der Waals surface area contributed by atoms with E-state index in [9.17, 15) is 0 Å². The van der Waals surface area contributed by atoms with Crippen LogP contribution >= 0.6 is 0 Å². The molecule has 0 saturated heterocycles. The van der Waals surface area contributed by atoms with E-state index < -0.39 is 0 Å². The summed E-state index contributed by atoms with van der Waals surface area (Å²) in [6.07, 6.45) is 6.28. The summed E-state index contributed by atoms with van der Waals surface area (Å²) in [5, 5.41) is 6.73. The lowest BCUT2D eigenvalue weighted by Gasteiger charge is -2.09. The molecule has 1 aliphatic carbocycles. The van der Waals surface area contributed by atoms with Gasteiger partial charge in [0, 0.05) is 17.8 Å². The second kappa shape index (κ2) is 5.80. The van der Waals surface area contributed by atoms with Gasteiger partial charge in [-0.2, -0.15) is 0 Å². The van der Waals surface area contributed by atoms with Crippen LogP contribution in [0.4, 0.5) is 5.82 Å². The average molecular weight is 220 g/mol. The second-order valence-corrected chi connectivity index (χ2v) is 4.13. The van der Waals surface area contributed by atoms with Crippen LogP contribution in [0.3, 0.4) is 0 Å². The van der Waals surface area contributed by atoms with Gasteiger partial charge < -0.3 is 10.6 Å². The number of aryl methyl sites for hydroxylation is 1. The van der Waals surface area contributed by atoms with Gasteiger partial charge in [-0.15, -0.1) is 0 Å². The molecule has 0 radical (unpaired) electrons. The molecule has 0 fully saturated rings. The zero-order valence-electron chi connectivity index (χ0n) is 9.92. The molecular weight excluding hydrogens is 200 g/mol. The van der Waals surface area contributed by atoms with E-state index in [0.29, 0.717) is 0 Å². The minimum atomic E-state index is 0.983. The molecule has 1 aromatic heterocycles. The highest BCUT2D eigenvalue weighted by atomic mass is 15.0. The van der Waals surface area contributed by atoms with E-state index in [-0.39, 0.29) is 0 Å². The number of hydrogen-bond acceptors (Lipinski definition) is 4. The Kier molecular flexibility index (Phi) is 4.10. The lowest BCUT2D eigenvalue weighted by molar-refractivity contribution is 0.687. The highest BCUT2D eigenvalue weighted by Gasteiger charge is 2.16. The molecule has 0 aliphatic heterocycles. The summed E-state index contributed by atoms with van der Waals surface area (Å²) in [5.41, 5.74) is 2.58. The smallest absolute Gasteiger partial charge is 0.132 e. The molecule has 88 valence electrons. The topological polar surface area (TPSA) is 49.8 Å². The third-order valence-corrected chi connectivity index (χ3v) is 2.95. The monoisotopic (exact) mass is 220 g/mol. The maximum absolute atomic E-state index is 4.33. The first-order valence-electron chi connectivity index (χ1n) is 6.19. The third-order valence-electron chi connectivity index (χ3n) is 2.95. The van der Waals surface area contributed by atoms with Crippen molar-refractivity contribution in [3.8, 4) is 0 Å². The van der Waals surface area contributed by atoms with Gasteiger partial charge in [-0.05, 0) is 38.8 Å². The summed E-state index contributed by atoms with van der Waals surface area (Å²) in [5.74, 6) is 1.05. The quantitative estimate of drug-likeness (QED) is 0.711. The molecular formula is C12H20N4. The number of nitrogens with zero attached hydrogens (tertiary/aromatic N) is 2. The van der Waals surface area contributed by atoms with Crippen LogP contribution in [-0.2, 0) is 12.8 Å². The van der Waals surface area contributed by atoms with Crippen molar-refractivity contribution < 1.29 is 0 Å². The van der Waals surface area contributed by atoms with Crippen molar-refractivity contribution in [3.63, 3.8) is 0 Å². The lowest BCUT2D eigenvalue weighted by atomic mass is 10.2. The van der Waals surface area contributed by atoms with Crippen molar-refractivity contribution in [1.82, 2.24) is 15.3 Å². The molecule has 0 unspecified atom stereocenters. The summed E-state index contributed by atoms with van der Waals surface area (Å²) in [4.78, 5) is 8.64. The molecule has 4 heteroatoms.